The number of nitrogens with one attached hydrogen (secondary N) is 1. The van der Waals surface area contributed by atoms with Crippen LogP contribution >= 0.6 is 11.6 Å². The van der Waals surface area contributed by atoms with Crippen LogP contribution in [0.5, 0.6) is 11.5 Å². The van der Waals surface area contributed by atoms with Gasteiger partial charge >= 0.3 is 0 Å². The minimum atomic E-state index is -0.191. The number of amides is 1. The summed E-state index contributed by atoms with van der Waals surface area (Å²) >= 11 is 5.93. The van der Waals surface area contributed by atoms with E-state index in [1.54, 1.807) is 19.2 Å². The molecule has 1 heterocycles. The lowest BCUT2D eigenvalue weighted by atomic mass is 10.1. The van der Waals surface area contributed by atoms with Gasteiger partial charge in [-0.3, -0.25) is 4.79 Å². The van der Waals surface area contributed by atoms with Gasteiger partial charge in [0.15, 0.2) is 0 Å². The van der Waals surface area contributed by atoms with E-state index in [1.165, 1.54) is 0 Å². The summed E-state index contributed by atoms with van der Waals surface area (Å²) in [4.78, 5) is 12.4. The second-order valence-electron chi connectivity index (χ2n) is 5.28. The van der Waals surface area contributed by atoms with Gasteiger partial charge in [0, 0.05) is 16.3 Å². The van der Waals surface area contributed by atoms with Crippen molar-refractivity contribution in [2.75, 3.05) is 19.0 Å². The van der Waals surface area contributed by atoms with Crippen molar-refractivity contribution in [1.29, 1.82) is 0 Å². The molecule has 0 bridgehead atoms. The average Bonchev–Trinajstić information content (AvgIpc) is 2.56. The molecule has 1 aliphatic rings. The third-order valence-corrected chi connectivity index (χ3v) is 3.89. The minimum absolute atomic E-state index is 0.191. The van der Waals surface area contributed by atoms with Gasteiger partial charge in [0.1, 0.15) is 18.1 Å². The summed E-state index contributed by atoms with van der Waals surface area (Å²) < 4.78 is 10.8. The van der Waals surface area contributed by atoms with Crippen LogP contribution in [0.2, 0.25) is 5.02 Å². The highest BCUT2D eigenvalue weighted by molar-refractivity contribution is 6.30. The van der Waals surface area contributed by atoms with Crippen molar-refractivity contribution in [3.8, 4) is 11.5 Å². The van der Waals surface area contributed by atoms with Gasteiger partial charge in [-0.05, 0) is 55.0 Å². The summed E-state index contributed by atoms with van der Waals surface area (Å²) in [5, 5.41) is 3.53. The third-order valence-electron chi connectivity index (χ3n) is 3.66. The van der Waals surface area contributed by atoms with E-state index in [4.69, 9.17) is 21.1 Å². The van der Waals surface area contributed by atoms with Crippen LogP contribution in [-0.4, -0.2) is 19.6 Å². The molecule has 0 aromatic heterocycles. The van der Waals surface area contributed by atoms with Gasteiger partial charge < -0.3 is 14.8 Å². The Labute approximate surface area is 139 Å². The zero-order valence-corrected chi connectivity index (χ0v) is 13.6. The number of rotatable bonds is 3. The van der Waals surface area contributed by atoms with Crippen LogP contribution in [0.4, 0.5) is 5.69 Å². The number of benzene rings is 2. The lowest BCUT2D eigenvalue weighted by Gasteiger charge is -2.18. The summed E-state index contributed by atoms with van der Waals surface area (Å²) in [5.74, 6) is 1.27. The molecule has 0 saturated heterocycles. The molecule has 23 heavy (non-hydrogen) atoms. The fourth-order valence-corrected chi connectivity index (χ4v) is 2.61. The van der Waals surface area contributed by atoms with Gasteiger partial charge in [0.05, 0.1) is 12.7 Å². The molecule has 2 aromatic carbocycles. The highest BCUT2D eigenvalue weighted by Crippen LogP contribution is 2.30. The second-order valence-corrected chi connectivity index (χ2v) is 5.71. The van der Waals surface area contributed by atoms with Crippen molar-refractivity contribution in [2.24, 2.45) is 0 Å². The molecule has 0 fully saturated rings. The van der Waals surface area contributed by atoms with E-state index in [0.29, 0.717) is 10.6 Å². The first-order valence-electron chi connectivity index (χ1n) is 7.16. The number of carbonyl (C=O) groups excluding carboxylic acids is 1. The number of anilines is 1. The van der Waals surface area contributed by atoms with E-state index in [9.17, 15) is 4.79 Å². The molecule has 118 valence electrons. The molecule has 0 saturated carbocycles. The first kappa shape index (κ1) is 15.4. The molecule has 0 unspecified atom stereocenters. The zero-order valence-electron chi connectivity index (χ0n) is 12.9. The van der Waals surface area contributed by atoms with E-state index < -0.39 is 0 Å². The Hall–Kier alpha value is -2.46. The summed E-state index contributed by atoms with van der Waals surface area (Å²) in [5.41, 5.74) is 3.02. The van der Waals surface area contributed by atoms with E-state index in [-0.39, 0.29) is 12.5 Å². The van der Waals surface area contributed by atoms with Crippen molar-refractivity contribution >= 4 is 29.3 Å². The molecule has 0 atom stereocenters. The summed E-state index contributed by atoms with van der Waals surface area (Å²) in [6, 6.07) is 10.8. The molecular weight excluding hydrogens is 314 g/mol. The smallest absolute Gasteiger partial charge is 0.255 e. The number of halogens is 1. The van der Waals surface area contributed by atoms with Gasteiger partial charge in [-0.1, -0.05) is 11.6 Å². The number of carbonyl (C=O) groups is 1. The Balaban J connectivity index is 1.83. The minimum Gasteiger partial charge on any atom is -0.497 e. The number of aryl methyl sites for hydroxylation is 1. The number of hydrogen-bond donors (Lipinski definition) is 1. The quantitative estimate of drug-likeness (QED) is 0.923. The average molecular weight is 330 g/mol. The van der Waals surface area contributed by atoms with Gasteiger partial charge in [-0.2, -0.15) is 0 Å². The Kier molecular flexibility index (Phi) is 4.26. The topological polar surface area (TPSA) is 47.6 Å². The molecule has 0 aliphatic carbocycles. The zero-order chi connectivity index (χ0) is 16.4. The van der Waals surface area contributed by atoms with Gasteiger partial charge in [0.2, 0.25) is 0 Å². The van der Waals surface area contributed by atoms with E-state index in [2.05, 4.69) is 5.32 Å². The number of methoxy groups -OCH3 is 1. The highest BCUT2D eigenvalue weighted by atomic mass is 35.5. The van der Waals surface area contributed by atoms with Gasteiger partial charge in [-0.25, -0.2) is 0 Å². The SMILES string of the molecule is COc1ccc2c(c1)C=C(C(=O)Nc1ccc(Cl)cc1C)CO2. The van der Waals surface area contributed by atoms with E-state index in [0.717, 1.165) is 28.3 Å². The molecule has 1 amide bonds. The monoisotopic (exact) mass is 329 g/mol. The Morgan fingerprint density at radius 2 is 2.09 bits per heavy atom. The van der Waals surface area contributed by atoms with Crippen LogP contribution in [-0.2, 0) is 4.79 Å². The first-order valence-corrected chi connectivity index (χ1v) is 7.53. The lowest BCUT2D eigenvalue weighted by Crippen LogP contribution is -2.21. The molecular formula is C18H16ClNO3. The predicted octanol–water partition coefficient (Wildman–Crippen LogP) is 4.07. The van der Waals surface area contributed by atoms with Gasteiger partial charge in [0.25, 0.3) is 5.91 Å². The van der Waals surface area contributed by atoms with Crippen LogP contribution in [0.15, 0.2) is 42.0 Å². The standard InChI is InChI=1S/C18H16ClNO3/c1-11-7-14(19)3-5-16(11)20-18(21)13-8-12-9-15(22-2)4-6-17(12)23-10-13/h3-9H,10H2,1-2H3,(H,20,21). The summed E-state index contributed by atoms with van der Waals surface area (Å²) in [6.07, 6.45) is 1.82. The number of ether oxygens (including phenoxy) is 2. The molecule has 1 N–H and O–H groups in total. The summed E-state index contributed by atoms with van der Waals surface area (Å²) in [6.45, 7) is 2.13. The van der Waals surface area contributed by atoms with Gasteiger partial charge in [-0.15, -0.1) is 0 Å². The normalized spacial score (nSPS) is 12.7. The molecule has 0 spiro atoms. The third kappa shape index (κ3) is 3.32. The highest BCUT2D eigenvalue weighted by Gasteiger charge is 2.18. The second kappa shape index (κ2) is 6.34. The first-order chi connectivity index (χ1) is 11.1. The van der Waals surface area contributed by atoms with E-state index in [1.807, 2.05) is 37.3 Å². The predicted molar refractivity (Wildman–Crippen MR) is 91.3 cm³/mol. The Morgan fingerprint density at radius 1 is 1.26 bits per heavy atom. The van der Waals surface area contributed by atoms with Crippen LogP contribution in [0.1, 0.15) is 11.1 Å². The van der Waals surface area contributed by atoms with Crippen LogP contribution in [0.25, 0.3) is 6.08 Å². The van der Waals surface area contributed by atoms with Crippen molar-refractivity contribution in [2.45, 2.75) is 6.92 Å². The van der Waals surface area contributed by atoms with Crippen molar-refractivity contribution in [3.05, 3.63) is 58.1 Å². The molecule has 2 aromatic rings. The van der Waals surface area contributed by atoms with Crippen LogP contribution in [0.3, 0.4) is 0 Å². The summed E-state index contributed by atoms with van der Waals surface area (Å²) in [7, 11) is 1.60. The maximum Gasteiger partial charge on any atom is 0.255 e. The van der Waals surface area contributed by atoms with Crippen LogP contribution < -0.4 is 14.8 Å². The molecule has 1 aliphatic heterocycles. The van der Waals surface area contributed by atoms with Crippen molar-refractivity contribution < 1.29 is 14.3 Å². The number of fused-ring (bicyclic) bond motifs is 1. The maximum absolute atomic E-state index is 12.4. The maximum atomic E-state index is 12.4. The Morgan fingerprint density at radius 3 is 2.83 bits per heavy atom. The van der Waals surface area contributed by atoms with Crippen LogP contribution in [0, 0.1) is 6.92 Å². The van der Waals surface area contributed by atoms with E-state index >= 15 is 0 Å². The molecule has 5 heteroatoms. The molecule has 4 nitrogen and oxygen atoms in total. The van der Waals surface area contributed by atoms with Crippen molar-refractivity contribution in [3.63, 3.8) is 0 Å². The molecule has 0 radical (unpaired) electrons. The Bertz CT molecular complexity index is 799. The lowest BCUT2D eigenvalue weighted by molar-refractivity contribution is -0.113. The fraction of sp³-hybridized carbons (Fsp3) is 0.167. The fourth-order valence-electron chi connectivity index (χ4n) is 2.38. The van der Waals surface area contributed by atoms with Crippen molar-refractivity contribution in [1.82, 2.24) is 0 Å². The largest absolute Gasteiger partial charge is 0.497 e. The molecule has 3 rings (SSSR count). The number of hydrogen-bond acceptors (Lipinski definition) is 3.